The second-order valence-electron chi connectivity index (χ2n) is 7.11. The van der Waals surface area contributed by atoms with Crippen LogP contribution < -0.4 is 15.2 Å². The van der Waals surface area contributed by atoms with Gasteiger partial charge in [0.15, 0.2) is 5.78 Å². The van der Waals surface area contributed by atoms with Crippen LogP contribution in [0.5, 0.6) is 11.5 Å². The number of carbonyl (C=O) groups excluding carboxylic acids is 1. The summed E-state index contributed by atoms with van der Waals surface area (Å²) in [7, 11) is 3.07. The number of rotatable bonds is 7. The number of pyridine rings is 1. The first-order chi connectivity index (χ1) is 13.7. The van der Waals surface area contributed by atoms with Crippen molar-refractivity contribution in [2.45, 2.75) is 32.3 Å². The van der Waals surface area contributed by atoms with Gasteiger partial charge in [0.2, 0.25) is 5.95 Å². The molecule has 152 valence electrons. The normalized spacial score (nSPS) is 11.5. The van der Waals surface area contributed by atoms with Gasteiger partial charge in [-0.25, -0.2) is 9.97 Å². The van der Waals surface area contributed by atoms with Crippen molar-refractivity contribution in [3.8, 4) is 11.5 Å². The standard InChI is InChI=1S/C21H24N4O4/c1-21(2,27)17-11-10-15(28-3)13(23-17)8-9-14(26)18-12-6-5-7-16(29-4)19(12)25-20(22)24-18/h5-7,10-11,27H,8-9H2,1-4H3,(H2,22,24,25). The quantitative estimate of drug-likeness (QED) is 0.585. The highest BCUT2D eigenvalue weighted by Gasteiger charge is 2.21. The number of benzene rings is 1. The number of nitrogens with zero attached hydrogens (tertiary/aromatic N) is 3. The summed E-state index contributed by atoms with van der Waals surface area (Å²) in [6.45, 7) is 3.31. The monoisotopic (exact) mass is 396 g/mol. The van der Waals surface area contributed by atoms with Crippen molar-refractivity contribution in [3.05, 3.63) is 47.4 Å². The average Bonchev–Trinajstić information content (AvgIpc) is 2.69. The number of ketones is 1. The van der Waals surface area contributed by atoms with E-state index in [1.807, 2.05) is 0 Å². The molecule has 1 aromatic carbocycles. The van der Waals surface area contributed by atoms with Crippen molar-refractivity contribution in [2.24, 2.45) is 0 Å². The number of hydrogen-bond acceptors (Lipinski definition) is 8. The minimum Gasteiger partial charge on any atom is -0.495 e. The number of nitrogen functional groups attached to an aromatic ring is 1. The number of carbonyl (C=O) groups is 1. The topological polar surface area (TPSA) is 120 Å². The molecule has 29 heavy (non-hydrogen) atoms. The van der Waals surface area contributed by atoms with Crippen LogP contribution >= 0.6 is 0 Å². The number of hydrogen-bond donors (Lipinski definition) is 2. The number of fused-ring (bicyclic) bond motifs is 1. The van der Waals surface area contributed by atoms with Gasteiger partial charge in [-0.1, -0.05) is 12.1 Å². The predicted octanol–water partition coefficient (Wildman–Crippen LogP) is 2.67. The fourth-order valence-corrected chi connectivity index (χ4v) is 3.06. The van der Waals surface area contributed by atoms with Gasteiger partial charge in [-0.2, -0.15) is 0 Å². The van der Waals surface area contributed by atoms with E-state index in [9.17, 15) is 9.90 Å². The minimum atomic E-state index is -1.10. The Labute approximate surface area is 168 Å². The maximum Gasteiger partial charge on any atom is 0.221 e. The maximum absolute atomic E-state index is 13.0. The molecule has 0 saturated heterocycles. The van der Waals surface area contributed by atoms with E-state index in [4.69, 9.17) is 15.2 Å². The lowest BCUT2D eigenvalue weighted by Crippen LogP contribution is -2.18. The van der Waals surface area contributed by atoms with Crippen molar-refractivity contribution in [1.29, 1.82) is 0 Å². The minimum absolute atomic E-state index is 0.00471. The maximum atomic E-state index is 13.0. The van der Waals surface area contributed by atoms with E-state index >= 15 is 0 Å². The second-order valence-corrected chi connectivity index (χ2v) is 7.11. The van der Waals surface area contributed by atoms with Gasteiger partial charge in [0, 0.05) is 18.2 Å². The smallest absolute Gasteiger partial charge is 0.221 e. The zero-order chi connectivity index (χ0) is 21.2. The SMILES string of the molecule is COc1ccc(C(C)(C)O)nc1CCC(=O)c1nc(N)nc2c(OC)cccc12. The van der Waals surface area contributed by atoms with Crippen molar-refractivity contribution < 1.29 is 19.4 Å². The van der Waals surface area contributed by atoms with Gasteiger partial charge in [-0.3, -0.25) is 9.78 Å². The molecule has 0 fully saturated rings. The molecule has 0 aliphatic rings. The fourth-order valence-electron chi connectivity index (χ4n) is 3.06. The van der Waals surface area contributed by atoms with Crippen molar-refractivity contribution in [1.82, 2.24) is 15.0 Å². The van der Waals surface area contributed by atoms with Gasteiger partial charge < -0.3 is 20.3 Å². The summed E-state index contributed by atoms with van der Waals surface area (Å²) in [6, 6.07) is 8.73. The van der Waals surface area contributed by atoms with Gasteiger partial charge in [-0.15, -0.1) is 0 Å². The number of methoxy groups -OCH3 is 2. The molecule has 0 amide bonds. The lowest BCUT2D eigenvalue weighted by Gasteiger charge is -2.18. The molecule has 3 N–H and O–H groups in total. The van der Waals surface area contributed by atoms with Gasteiger partial charge in [0.25, 0.3) is 0 Å². The van der Waals surface area contributed by atoms with Crippen molar-refractivity contribution in [3.63, 3.8) is 0 Å². The molecule has 0 atom stereocenters. The summed E-state index contributed by atoms with van der Waals surface area (Å²) in [5, 5.41) is 10.8. The summed E-state index contributed by atoms with van der Waals surface area (Å²) in [5.74, 6) is 0.881. The van der Waals surface area contributed by atoms with E-state index < -0.39 is 5.60 Å². The lowest BCUT2D eigenvalue weighted by atomic mass is 10.0. The third kappa shape index (κ3) is 4.27. The summed E-state index contributed by atoms with van der Waals surface area (Å²) in [4.78, 5) is 25.8. The number of aromatic nitrogens is 3. The molecule has 0 radical (unpaired) electrons. The van der Waals surface area contributed by atoms with Gasteiger partial charge in [-0.05, 0) is 32.0 Å². The largest absolute Gasteiger partial charge is 0.495 e. The molecule has 0 aliphatic heterocycles. The molecule has 3 aromatic rings. The van der Waals surface area contributed by atoms with Gasteiger partial charge in [0.05, 0.1) is 25.6 Å². The van der Waals surface area contributed by atoms with Crippen LogP contribution in [0, 0.1) is 0 Å². The first-order valence-corrected chi connectivity index (χ1v) is 9.14. The van der Waals surface area contributed by atoms with E-state index in [0.717, 1.165) is 0 Å². The van der Waals surface area contributed by atoms with Crippen LogP contribution in [-0.4, -0.2) is 40.1 Å². The molecule has 3 rings (SSSR count). The van der Waals surface area contributed by atoms with E-state index in [1.54, 1.807) is 44.2 Å². The Bertz CT molecular complexity index is 1060. The second kappa shape index (κ2) is 8.00. The zero-order valence-electron chi connectivity index (χ0n) is 16.9. The number of aryl methyl sites for hydroxylation is 1. The molecule has 0 saturated carbocycles. The number of nitrogens with two attached hydrogens (primary N) is 1. The molecule has 8 heteroatoms. The van der Waals surface area contributed by atoms with Gasteiger partial charge >= 0.3 is 0 Å². The van der Waals surface area contributed by atoms with E-state index in [-0.39, 0.29) is 23.8 Å². The van der Waals surface area contributed by atoms with Crippen LogP contribution in [0.25, 0.3) is 10.9 Å². The van der Waals surface area contributed by atoms with Crippen molar-refractivity contribution >= 4 is 22.6 Å². The molecule has 0 bridgehead atoms. The Hall–Kier alpha value is -3.26. The lowest BCUT2D eigenvalue weighted by molar-refractivity contribution is 0.0735. The van der Waals surface area contributed by atoms with Crippen LogP contribution in [0.1, 0.15) is 42.1 Å². The molecule has 0 spiro atoms. The third-order valence-electron chi connectivity index (χ3n) is 4.56. The summed E-state index contributed by atoms with van der Waals surface area (Å²) >= 11 is 0. The third-order valence-corrected chi connectivity index (χ3v) is 4.56. The molecule has 2 aromatic heterocycles. The number of anilines is 1. The number of para-hydroxylation sites is 1. The first-order valence-electron chi connectivity index (χ1n) is 9.14. The molecule has 0 aliphatic carbocycles. The summed E-state index contributed by atoms with van der Waals surface area (Å²) in [6.07, 6.45) is 0.461. The molecule has 2 heterocycles. The Balaban J connectivity index is 1.92. The Morgan fingerprint density at radius 2 is 1.79 bits per heavy atom. The predicted molar refractivity (Wildman–Crippen MR) is 109 cm³/mol. The van der Waals surface area contributed by atoms with Crippen LogP contribution in [0.4, 0.5) is 5.95 Å². The Kier molecular flexibility index (Phi) is 5.65. The zero-order valence-corrected chi connectivity index (χ0v) is 16.9. The Morgan fingerprint density at radius 3 is 2.45 bits per heavy atom. The molecular weight excluding hydrogens is 372 g/mol. The van der Waals surface area contributed by atoms with Gasteiger partial charge in [0.1, 0.15) is 28.3 Å². The Morgan fingerprint density at radius 1 is 1.07 bits per heavy atom. The highest BCUT2D eigenvalue weighted by atomic mass is 16.5. The van der Waals surface area contributed by atoms with Crippen LogP contribution in [0.2, 0.25) is 0 Å². The van der Waals surface area contributed by atoms with Crippen LogP contribution in [0.15, 0.2) is 30.3 Å². The average molecular weight is 396 g/mol. The first kappa shape index (κ1) is 20.5. The number of aliphatic hydroxyl groups is 1. The fraction of sp³-hybridized carbons (Fsp3) is 0.333. The van der Waals surface area contributed by atoms with Crippen LogP contribution in [-0.2, 0) is 12.0 Å². The highest BCUT2D eigenvalue weighted by molar-refractivity contribution is 6.07. The molecule has 8 nitrogen and oxygen atoms in total. The highest BCUT2D eigenvalue weighted by Crippen LogP contribution is 2.28. The summed E-state index contributed by atoms with van der Waals surface area (Å²) in [5.41, 5.74) is 6.54. The van der Waals surface area contributed by atoms with E-state index in [0.29, 0.717) is 40.2 Å². The molecular formula is C21H24N4O4. The number of Topliss-reactive ketones (excluding diaryl/α,β-unsaturated/α-hetero) is 1. The summed E-state index contributed by atoms with van der Waals surface area (Å²) < 4.78 is 10.7. The number of ether oxygens (including phenoxy) is 2. The molecule has 0 unspecified atom stereocenters. The van der Waals surface area contributed by atoms with E-state index in [1.165, 1.54) is 14.2 Å². The van der Waals surface area contributed by atoms with Crippen molar-refractivity contribution in [2.75, 3.05) is 20.0 Å². The van der Waals surface area contributed by atoms with Crippen LogP contribution in [0.3, 0.4) is 0 Å². The van der Waals surface area contributed by atoms with E-state index in [2.05, 4.69) is 15.0 Å².